The molecule has 0 saturated carbocycles. The molecule has 1 unspecified atom stereocenters. The lowest BCUT2D eigenvalue weighted by molar-refractivity contribution is -0.117. The first kappa shape index (κ1) is 11.7. The second-order valence-electron chi connectivity index (χ2n) is 3.29. The van der Waals surface area contributed by atoms with Crippen LogP contribution in [0.5, 0.6) is 0 Å². The van der Waals surface area contributed by atoms with Crippen molar-refractivity contribution in [2.45, 2.75) is 6.10 Å². The molecule has 17 heavy (non-hydrogen) atoms. The van der Waals surface area contributed by atoms with Gasteiger partial charge >= 0.3 is 0 Å². The van der Waals surface area contributed by atoms with Crippen LogP contribution in [0.15, 0.2) is 12.1 Å². The fourth-order valence-corrected chi connectivity index (χ4v) is 1.51. The Labute approximate surface area is 102 Å². The van der Waals surface area contributed by atoms with Gasteiger partial charge in [0, 0.05) is 7.11 Å². The Morgan fingerprint density at radius 1 is 1.47 bits per heavy atom. The molecule has 0 aliphatic rings. The van der Waals surface area contributed by atoms with Crippen molar-refractivity contribution in [3.8, 4) is 0 Å². The molecule has 0 spiro atoms. The number of nitrogens with zero attached hydrogens (tertiary/aromatic N) is 3. The average Bonchev–Trinajstić information content (AvgIpc) is 2.36. The number of aromatic nitrogens is 3. The Kier molecular flexibility index (Phi) is 3.16. The van der Waals surface area contributed by atoms with E-state index in [9.17, 15) is 4.79 Å². The molecular formula is C10H9ClN4O2. The van der Waals surface area contributed by atoms with Crippen LogP contribution in [0, 0.1) is 0 Å². The van der Waals surface area contributed by atoms with Gasteiger partial charge in [-0.15, -0.1) is 10.2 Å². The van der Waals surface area contributed by atoms with Crippen molar-refractivity contribution in [1.82, 2.24) is 15.2 Å². The maximum absolute atomic E-state index is 10.7. The maximum atomic E-state index is 10.7. The lowest BCUT2D eigenvalue weighted by Gasteiger charge is -2.07. The number of methoxy groups -OCH3 is 1. The SMILES string of the molecule is COC(C=O)c1nnc2ccc(Cl)c(N)c2n1. The molecular weight excluding hydrogens is 244 g/mol. The molecule has 7 heteroatoms. The first-order valence-electron chi connectivity index (χ1n) is 4.73. The van der Waals surface area contributed by atoms with Crippen molar-refractivity contribution >= 4 is 34.6 Å². The van der Waals surface area contributed by atoms with E-state index in [1.807, 2.05) is 0 Å². The number of rotatable bonds is 3. The summed E-state index contributed by atoms with van der Waals surface area (Å²) in [5.41, 5.74) is 7.00. The number of hydrogen-bond donors (Lipinski definition) is 1. The van der Waals surface area contributed by atoms with Gasteiger partial charge in [0.1, 0.15) is 11.0 Å². The molecule has 1 aromatic carbocycles. The van der Waals surface area contributed by atoms with Crippen LogP contribution in [0.25, 0.3) is 11.0 Å². The van der Waals surface area contributed by atoms with Crippen LogP contribution in [0.3, 0.4) is 0 Å². The highest BCUT2D eigenvalue weighted by Crippen LogP contribution is 2.26. The van der Waals surface area contributed by atoms with Crippen molar-refractivity contribution < 1.29 is 9.53 Å². The van der Waals surface area contributed by atoms with Crippen LogP contribution in [-0.2, 0) is 9.53 Å². The van der Waals surface area contributed by atoms with Gasteiger partial charge in [0.25, 0.3) is 0 Å². The number of ether oxygens (including phenoxy) is 1. The molecule has 2 rings (SSSR count). The predicted octanol–water partition coefficient (Wildman–Crippen LogP) is 1.15. The number of fused-ring (bicyclic) bond motifs is 1. The summed E-state index contributed by atoms with van der Waals surface area (Å²) in [6.07, 6.45) is -0.269. The summed E-state index contributed by atoms with van der Waals surface area (Å²) in [5.74, 6) is 0.156. The third-order valence-corrected chi connectivity index (χ3v) is 2.59. The zero-order valence-corrected chi connectivity index (χ0v) is 9.68. The van der Waals surface area contributed by atoms with Gasteiger partial charge in [0.2, 0.25) is 0 Å². The van der Waals surface area contributed by atoms with Crippen LogP contribution in [0.2, 0.25) is 5.02 Å². The second kappa shape index (κ2) is 4.60. The Hall–Kier alpha value is -1.79. The molecule has 0 bridgehead atoms. The van der Waals surface area contributed by atoms with Crippen molar-refractivity contribution in [2.24, 2.45) is 0 Å². The molecule has 0 radical (unpaired) electrons. The second-order valence-corrected chi connectivity index (χ2v) is 3.70. The summed E-state index contributed by atoms with van der Waals surface area (Å²) in [5, 5.41) is 8.09. The van der Waals surface area contributed by atoms with Crippen LogP contribution in [0.1, 0.15) is 11.9 Å². The highest BCUT2D eigenvalue weighted by Gasteiger charge is 2.15. The summed E-state index contributed by atoms with van der Waals surface area (Å²) in [6, 6.07) is 3.27. The van der Waals surface area contributed by atoms with Crippen LogP contribution >= 0.6 is 11.6 Å². The third kappa shape index (κ3) is 2.04. The molecule has 2 aromatic rings. The average molecular weight is 253 g/mol. The van der Waals surface area contributed by atoms with Crippen molar-refractivity contribution in [3.05, 3.63) is 23.0 Å². The van der Waals surface area contributed by atoms with E-state index in [-0.39, 0.29) is 5.82 Å². The first-order valence-corrected chi connectivity index (χ1v) is 5.11. The standard InChI is InChI=1S/C10H9ClN4O2/c1-17-7(4-16)10-13-9-6(14-15-10)3-2-5(11)8(9)12/h2-4,7H,12H2,1H3. The molecule has 88 valence electrons. The van der Waals surface area contributed by atoms with E-state index in [0.29, 0.717) is 28.0 Å². The van der Waals surface area contributed by atoms with E-state index in [2.05, 4.69) is 15.2 Å². The van der Waals surface area contributed by atoms with Gasteiger partial charge in [-0.05, 0) is 12.1 Å². The highest BCUT2D eigenvalue weighted by molar-refractivity contribution is 6.34. The quantitative estimate of drug-likeness (QED) is 0.651. The van der Waals surface area contributed by atoms with Crippen molar-refractivity contribution in [2.75, 3.05) is 12.8 Å². The lowest BCUT2D eigenvalue weighted by atomic mass is 10.2. The molecule has 0 aliphatic heterocycles. The van der Waals surface area contributed by atoms with Gasteiger partial charge in [-0.2, -0.15) is 0 Å². The van der Waals surface area contributed by atoms with Gasteiger partial charge in [0.15, 0.2) is 18.2 Å². The van der Waals surface area contributed by atoms with Crippen LogP contribution in [0.4, 0.5) is 5.69 Å². The number of nitrogens with two attached hydrogens (primary N) is 1. The fourth-order valence-electron chi connectivity index (χ4n) is 1.35. The van der Waals surface area contributed by atoms with E-state index in [1.54, 1.807) is 12.1 Å². The van der Waals surface area contributed by atoms with Gasteiger partial charge in [-0.3, -0.25) is 4.79 Å². The highest BCUT2D eigenvalue weighted by atomic mass is 35.5. The monoisotopic (exact) mass is 252 g/mol. The molecule has 1 atom stereocenters. The van der Waals surface area contributed by atoms with Gasteiger partial charge in [0.05, 0.1) is 10.7 Å². The molecule has 0 fully saturated rings. The largest absolute Gasteiger partial charge is 0.396 e. The minimum Gasteiger partial charge on any atom is -0.396 e. The normalized spacial score (nSPS) is 12.6. The molecule has 0 amide bonds. The molecule has 0 aliphatic carbocycles. The number of benzene rings is 1. The molecule has 1 heterocycles. The van der Waals surface area contributed by atoms with E-state index in [4.69, 9.17) is 22.1 Å². The third-order valence-electron chi connectivity index (χ3n) is 2.26. The molecule has 2 N–H and O–H groups in total. The number of carbonyl (C=O) groups is 1. The minimum atomic E-state index is -0.856. The Morgan fingerprint density at radius 2 is 2.24 bits per heavy atom. The Bertz CT molecular complexity index is 575. The summed E-state index contributed by atoms with van der Waals surface area (Å²) < 4.78 is 4.90. The number of carbonyl (C=O) groups excluding carboxylic acids is 1. The topological polar surface area (TPSA) is 91.0 Å². The van der Waals surface area contributed by atoms with E-state index in [1.165, 1.54) is 7.11 Å². The Morgan fingerprint density at radius 3 is 2.88 bits per heavy atom. The summed E-state index contributed by atoms with van der Waals surface area (Å²) in [4.78, 5) is 14.9. The number of hydrogen-bond acceptors (Lipinski definition) is 6. The molecule has 1 aromatic heterocycles. The van der Waals surface area contributed by atoms with E-state index < -0.39 is 6.10 Å². The maximum Gasteiger partial charge on any atom is 0.188 e. The van der Waals surface area contributed by atoms with Crippen molar-refractivity contribution in [3.63, 3.8) is 0 Å². The predicted molar refractivity (Wildman–Crippen MR) is 62.6 cm³/mol. The van der Waals surface area contributed by atoms with Gasteiger partial charge < -0.3 is 10.5 Å². The summed E-state index contributed by atoms with van der Waals surface area (Å²) in [7, 11) is 1.38. The van der Waals surface area contributed by atoms with Gasteiger partial charge in [-0.25, -0.2) is 4.98 Å². The van der Waals surface area contributed by atoms with Gasteiger partial charge in [-0.1, -0.05) is 11.6 Å². The summed E-state index contributed by atoms with van der Waals surface area (Å²) in [6.45, 7) is 0. The van der Waals surface area contributed by atoms with Crippen LogP contribution < -0.4 is 5.73 Å². The lowest BCUT2D eigenvalue weighted by Crippen LogP contribution is -2.10. The first-order chi connectivity index (χ1) is 8.17. The smallest absolute Gasteiger partial charge is 0.188 e. The van der Waals surface area contributed by atoms with Crippen molar-refractivity contribution in [1.29, 1.82) is 0 Å². The zero-order chi connectivity index (χ0) is 12.4. The zero-order valence-electron chi connectivity index (χ0n) is 8.92. The molecule has 0 saturated heterocycles. The Balaban J connectivity index is 2.63. The number of anilines is 1. The number of aldehydes is 1. The van der Waals surface area contributed by atoms with Crippen LogP contribution in [-0.4, -0.2) is 28.6 Å². The number of halogens is 1. The minimum absolute atomic E-state index is 0.156. The number of nitrogen functional groups attached to an aromatic ring is 1. The van der Waals surface area contributed by atoms with E-state index in [0.717, 1.165) is 0 Å². The fraction of sp³-hybridized carbons (Fsp3) is 0.200. The molecule has 6 nitrogen and oxygen atoms in total. The summed E-state index contributed by atoms with van der Waals surface area (Å²) >= 11 is 5.87. The van der Waals surface area contributed by atoms with E-state index >= 15 is 0 Å².